The molecule has 0 aliphatic heterocycles. The summed E-state index contributed by atoms with van der Waals surface area (Å²) >= 11 is 0. The SMILES string of the molecule is CCCN(C(N)=O)c1cccc(C)c1. The van der Waals surface area contributed by atoms with Gasteiger partial charge in [-0.05, 0) is 31.0 Å². The molecule has 1 rings (SSSR count). The van der Waals surface area contributed by atoms with Crippen LogP contribution in [0, 0.1) is 6.92 Å². The van der Waals surface area contributed by atoms with E-state index >= 15 is 0 Å². The molecule has 2 amide bonds. The summed E-state index contributed by atoms with van der Waals surface area (Å²) in [7, 11) is 0. The van der Waals surface area contributed by atoms with Crippen molar-refractivity contribution in [2.24, 2.45) is 5.73 Å². The minimum Gasteiger partial charge on any atom is -0.351 e. The van der Waals surface area contributed by atoms with Gasteiger partial charge in [-0.25, -0.2) is 4.79 Å². The van der Waals surface area contributed by atoms with Gasteiger partial charge in [0.2, 0.25) is 0 Å². The summed E-state index contributed by atoms with van der Waals surface area (Å²) < 4.78 is 0. The molecule has 0 radical (unpaired) electrons. The molecule has 1 aromatic rings. The van der Waals surface area contributed by atoms with Crippen molar-refractivity contribution in [3.63, 3.8) is 0 Å². The molecule has 0 fully saturated rings. The molecule has 76 valence electrons. The van der Waals surface area contributed by atoms with Crippen LogP contribution >= 0.6 is 0 Å². The first kappa shape index (κ1) is 10.6. The molecule has 0 spiro atoms. The highest BCUT2D eigenvalue weighted by Gasteiger charge is 2.10. The number of rotatable bonds is 3. The summed E-state index contributed by atoms with van der Waals surface area (Å²) in [5, 5.41) is 0. The lowest BCUT2D eigenvalue weighted by molar-refractivity contribution is 0.254. The third kappa shape index (κ3) is 2.49. The Bertz CT molecular complexity index is 323. The van der Waals surface area contributed by atoms with Gasteiger partial charge in [-0.1, -0.05) is 19.1 Å². The molecule has 0 aromatic heterocycles. The molecular weight excluding hydrogens is 176 g/mol. The van der Waals surface area contributed by atoms with Crippen LogP contribution in [0.25, 0.3) is 0 Å². The maximum atomic E-state index is 11.1. The monoisotopic (exact) mass is 192 g/mol. The fourth-order valence-electron chi connectivity index (χ4n) is 1.39. The molecule has 0 bridgehead atoms. The van der Waals surface area contributed by atoms with Crippen molar-refractivity contribution < 1.29 is 4.79 Å². The summed E-state index contributed by atoms with van der Waals surface area (Å²) in [6.07, 6.45) is 0.900. The first-order valence-electron chi connectivity index (χ1n) is 4.78. The molecule has 3 nitrogen and oxygen atoms in total. The number of carbonyl (C=O) groups excluding carboxylic acids is 1. The Balaban J connectivity index is 2.93. The van der Waals surface area contributed by atoms with E-state index in [0.717, 1.165) is 17.7 Å². The minimum absolute atomic E-state index is 0.391. The van der Waals surface area contributed by atoms with Crippen molar-refractivity contribution in [2.75, 3.05) is 11.4 Å². The summed E-state index contributed by atoms with van der Waals surface area (Å²) in [6, 6.07) is 7.39. The van der Waals surface area contributed by atoms with Crippen molar-refractivity contribution in [1.82, 2.24) is 0 Å². The standard InChI is InChI=1S/C11H16N2O/c1-3-7-13(11(12)14)10-6-4-5-9(2)8-10/h4-6,8H,3,7H2,1-2H3,(H2,12,14). The normalized spacial score (nSPS) is 9.86. The summed E-state index contributed by atoms with van der Waals surface area (Å²) in [4.78, 5) is 12.7. The number of primary amides is 1. The molecule has 0 aliphatic carbocycles. The molecule has 0 unspecified atom stereocenters. The molecule has 0 heterocycles. The van der Waals surface area contributed by atoms with E-state index in [2.05, 4.69) is 0 Å². The summed E-state index contributed by atoms with van der Waals surface area (Å²) in [5.41, 5.74) is 7.30. The Labute approximate surface area is 84.5 Å². The smallest absolute Gasteiger partial charge is 0.319 e. The topological polar surface area (TPSA) is 46.3 Å². The number of urea groups is 1. The van der Waals surface area contributed by atoms with Crippen molar-refractivity contribution >= 4 is 11.7 Å². The Kier molecular flexibility index (Phi) is 3.51. The van der Waals surface area contributed by atoms with E-state index in [1.807, 2.05) is 38.1 Å². The number of benzene rings is 1. The number of hydrogen-bond donors (Lipinski definition) is 1. The fourth-order valence-corrected chi connectivity index (χ4v) is 1.39. The first-order chi connectivity index (χ1) is 6.65. The number of amides is 2. The zero-order chi connectivity index (χ0) is 10.6. The molecule has 0 saturated heterocycles. The predicted octanol–water partition coefficient (Wildman–Crippen LogP) is 2.29. The van der Waals surface area contributed by atoms with E-state index in [0.29, 0.717) is 6.54 Å². The van der Waals surface area contributed by atoms with Gasteiger partial charge in [0.25, 0.3) is 0 Å². The van der Waals surface area contributed by atoms with Gasteiger partial charge in [0, 0.05) is 12.2 Å². The second kappa shape index (κ2) is 4.65. The Morgan fingerprint density at radius 2 is 2.21 bits per heavy atom. The minimum atomic E-state index is -0.391. The third-order valence-corrected chi connectivity index (χ3v) is 2.03. The van der Waals surface area contributed by atoms with Gasteiger partial charge in [-0.3, -0.25) is 4.90 Å². The van der Waals surface area contributed by atoms with E-state index in [4.69, 9.17) is 5.73 Å². The van der Waals surface area contributed by atoms with Gasteiger partial charge in [0.15, 0.2) is 0 Å². The van der Waals surface area contributed by atoms with E-state index in [1.165, 1.54) is 0 Å². The van der Waals surface area contributed by atoms with Crippen LogP contribution in [0.5, 0.6) is 0 Å². The molecule has 2 N–H and O–H groups in total. The van der Waals surface area contributed by atoms with E-state index in [9.17, 15) is 4.79 Å². The molecular formula is C11H16N2O. The van der Waals surface area contributed by atoms with E-state index < -0.39 is 6.03 Å². The van der Waals surface area contributed by atoms with Crippen LogP contribution < -0.4 is 10.6 Å². The highest BCUT2D eigenvalue weighted by atomic mass is 16.2. The molecule has 3 heteroatoms. The lowest BCUT2D eigenvalue weighted by Crippen LogP contribution is -2.36. The zero-order valence-corrected chi connectivity index (χ0v) is 8.66. The van der Waals surface area contributed by atoms with Gasteiger partial charge in [0.1, 0.15) is 0 Å². The fraction of sp³-hybridized carbons (Fsp3) is 0.364. The number of aryl methyl sites for hydroxylation is 1. The third-order valence-electron chi connectivity index (χ3n) is 2.03. The predicted molar refractivity (Wildman–Crippen MR) is 58.4 cm³/mol. The lowest BCUT2D eigenvalue weighted by Gasteiger charge is -2.19. The largest absolute Gasteiger partial charge is 0.351 e. The van der Waals surface area contributed by atoms with Gasteiger partial charge in [-0.15, -0.1) is 0 Å². The van der Waals surface area contributed by atoms with E-state index in [-0.39, 0.29) is 0 Å². The summed E-state index contributed by atoms with van der Waals surface area (Å²) in [5.74, 6) is 0. The summed E-state index contributed by atoms with van der Waals surface area (Å²) in [6.45, 7) is 4.68. The average molecular weight is 192 g/mol. The van der Waals surface area contributed by atoms with Gasteiger partial charge >= 0.3 is 6.03 Å². The van der Waals surface area contributed by atoms with Crippen LogP contribution in [0.1, 0.15) is 18.9 Å². The Hall–Kier alpha value is -1.51. The maximum Gasteiger partial charge on any atom is 0.319 e. The first-order valence-corrected chi connectivity index (χ1v) is 4.78. The van der Waals surface area contributed by atoms with Crippen LogP contribution in [-0.4, -0.2) is 12.6 Å². The van der Waals surface area contributed by atoms with Crippen LogP contribution in [-0.2, 0) is 0 Å². The van der Waals surface area contributed by atoms with Gasteiger partial charge < -0.3 is 5.73 Å². The number of hydrogen-bond acceptors (Lipinski definition) is 1. The zero-order valence-electron chi connectivity index (χ0n) is 8.66. The highest BCUT2D eigenvalue weighted by molar-refractivity contribution is 5.90. The second-order valence-electron chi connectivity index (χ2n) is 3.33. The molecule has 1 aromatic carbocycles. The highest BCUT2D eigenvalue weighted by Crippen LogP contribution is 2.15. The Morgan fingerprint density at radius 1 is 1.50 bits per heavy atom. The number of nitrogens with two attached hydrogens (primary N) is 1. The molecule has 0 atom stereocenters. The van der Waals surface area contributed by atoms with Gasteiger partial charge in [0.05, 0.1) is 0 Å². The molecule has 0 saturated carbocycles. The van der Waals surface area contributed by atoms with Crippen molar-refractivity contribution in [3.05, 3.63) is 29.8 Å². The molecule has 0 aliphatic rings. The molecule has 14 heavy (non-hydrogen) atoms. The number of carbonyl (C=O) groups is 1. The van der Waals surface area contributed by atoms with E-state index in [1.54, 1.807) is 4.90 Å². The second-order valence-corrected chi connectivity index (χ2v) is 3.33. The quantitative estimate of drug-likeness (QED) is 0.784. The van der Waals surface area contributed by atoms with Crippen LogP contribution in [0.4, 0.5) is 10.5 Å². The van der Waals surface area contributed by atoms with Gasteiger partial charge in [-0.2, -0.15) is 0 Å². The lowest BCUT2D eigenvalue weighted by atomic mass is 10.2. The van der Waals surface area contributed by atoms with Crippen molar-refractivity contribution in [2.45, 2.75) is 20.3 Å². The average Bonchev–Trinajstić information content (AvgIpc) is 2.13. The number of nitrogens with zero attached hydrogens (tertiary/aromatic N) is 1. The maximum absolute atomic E-state index is 11.1. The van der Waals surface area contributed by atoms with Crippen molar-refractivity contribution in [3.8, 4) is 0 Å². The van der Waals surface area contributed by atoms with Crippen LogP contribution in [0.2, 0.25) is 0 Å². The van der Waals surface area contributed by atoms with Crippen molar-refractivity contribution in [1.29, 1.82) is 0 Å². The van der Waals surface area contributed by atoms with Crippen LogP contribution in [0.15, 0.2) is 24.3 Å². The Morgan fingerprint density at radius 3 is 2.71 bits per heavy atom. The van der Waals surface area contributed by atoms with Crippen LogP contribution in [0.3, 0.4) is 0 Å². The number of anilines is 1.